The lowest BCUT2D eigenvalue weighted by atomic mass is 10.0. The molecule has 28 heavy (non-hydrogen) atoms. The van der Waals surface area contributed by atoms with E-state index >= 15 is 0 Å². The van der Waals surface area contributed by atoms with Crippen LogP contribution in [-0.2, 0) is 0 Å². The van der Waals surface area contributed by atoms with E-state index in [4.69, 9.17) is 0 Å². The Morgan fingerprint density at radius 2 is 1.68 bits per heavy atom. The van der Waals surface area contributed by atoms with Crippen LogP contribution in [0, 0.1) is 6.92 Å². The highest BCUT2D eigenvalue weighted by Gasteiger charge is 2.09. The van der Waals surface area contributed by atoms with E-state index < -0.39 is 0 Å². The minimum Gasteiger partial charge on any atom is -0.291 e. The third kappa shape index (κ3) is 3.61. The van der Waals surface area contributed by atoms with Crippen LogP contribution >= 0.6 is 0 Å². The Kier molecular flexibility index (Phi) is 4.60. The molecule has 0 saturated heterocycles. The number of aromatic nitrogens is 2. The average molecular weight is 370 g/mol. The number of amides is 1. The molecule has 4 aromatic rings. The number of para-hydroxylation sites is 1. The topological polar surface area (TPSA) is 86.9 Å². The quantitative estimate of drug-likeness (QED) is 0.479. The van der Waals surface area contributed by atoms with Crippen molar-refractivity contribution in [2.45, 2.75) is 6.92 Å². The smallest absolute Gasteiger partial charge is 0.269 e. The Morgan fingerprint density at radius 1 is 0.929 bits per heavy atom. The van der Waals surface area contributed by atoms with Crippen molar-refractivity contribution in [3.05, 3.63) is 94.3 Å². The summed E-state index contributed by atoms with van der Waals surface area (Å²) < 4.78 is 0. The fraction of sp³-hybridized carbons (Fsp3) is 0.0455. The zero-order valence-electron chi connectivity index (χ0n) is 15.2. The Balaban J connectivity index is 1.53. The van der Waals surface area contributed by atoms with Gasteiger partial charge in [-0.25, -0.2) is 4.98 Å². The van der Waals surface area contributed by atoms with Gasteiger partial charge >= 0.3 is 0 Å². The SMILES string of the molecule is Cc1cccc(-c2cccc(C(=O)NNc3nc4ccccc4c(=O)[nH]3)c2)c1. The van der Waals surface area contributed by atoms with Crippen molar-refractivity contribution >= 4 is 22.8 Å². The second kappa shape index (κ2) is 7.36. The van der Waals surface area contributed by atoms with Gasteiger partial charge in [-0.3, -0.25) is 25.4 Å². The fourth-order valence-electron chi connectivity index (χ4n) is 3.00. The van der Waals surface area contributed by atoms with Crippen LogP contribution in [0.15, 0.2) is 77.6 Å². The van der Waals surface area contributed by atoms with Crippen LogP contribution in [0.2, 0.25) is 0 Å². The van der Waals surface area contributed by atoms with Crippen LogP contribution in [-0.4, -0.2) is 15.9 Å². The number of H-pyrrole nitrogens is 1. The van der Waals surface area contributed by atoms with Gasteiger partial charge in [-0.2, -0.15) is 0 Å². The number of aryl methyl sites for hydroxylation is 1. The third-order valence-corrected chi connectivity index (χ3v) is 4.38. The summed E-state index contributed by atoms with van der Waals surface area (Å²) in [5, 5.41) is 0.491. The number of carbonyl (C=O) groups excluding carboxylic acids is 1. The number of carbonyl (C=O) groups is 1. The van der Waals surface area contributed by atoms with Gasteiger partial charge in [0.25, 0.3) is 11.5 Å². The molecule has 1 amide bonds. The van der Waals surface area contributed by atoms with E-state index in [1.807, 2.05) is 43.3 Å². The number of fused-ring (bicyclic) bond motifs is 1. The third-order valence-electron chi connectivity index (χ3n) is 4.38. The summed E-state index contributed by atoms with van der Waals surface area (Å²) in [6.07, 6.45) is 0. The zero-order chi connectivity index (χ0) is 19.5. The van der Waals surface area contributed by atoms with Crippen molar-refractivity contribution in [2.75, 3.05) is 5.43 Å². The lowest BCUT2D eigenvalue weighted by molar-refractivity contribution is 0.0962. The molecule has 3 N–H and O–H groups in total. The Labute approximate surface area is 161 Å². The van der Waals surface area contributed by atoms with Gasteiger partial charge in [-0.1, -0.05) is 54.1 Å². The predicted molar refractivity (Wildman–Crippen MR) is 110 cm³/mol. The number of benzene rings is 3. The van der Waals surface area contributed by atoms with E-state index in [0.29, 0.717) is 16.5 Å². The Hall–Kier alpha value is -3.93. The van der Waals surface area contributed by atoms with E-state index in [-0.39, 0.29) is 17.4 Å². The molecule has 6 nitrogen and oxygen atoms in total. The summed E-state index contributed by atoms with van der Waals surface area (Å²) >= 11 is 0. The summed E-state index contributed by atoms with van der Waals surface area (Å²) in [7, 11) is 0. The number of nitrogens with one attached hydrogen (secondary N) is 3. The minimum absolute atomic E-state index is 0.173. The average Bonchev–Trinajstić information content (AvgIpc) is 2.72. The van der Waals surface area contributed by atoms with Crippen LogP contribution in [0.25, 0.3) is 22.0 Å². The molecule has 6 heteroatoms. The molecule has 0 aliphatic carbocycles. The van der Waals surface area contributed by atoms with Gasteiger partial charge < -0.3 is 0 Å². The van der Waals surface area contributed by atoms with Crippen LogP contribution in [0.1, 0.15) is 15.9 Å². The lowest BCUT2D eigenvalue weighted by Crippen LogP contribution is -2.31. The highest BCUT2D eigenvalue weighted by Crippen LogP contribution is 2.21. The van der Waals surface area contributed by atoms with Crippen molar-refractivity contribution < 1.29 is 4.79 Å². The Bertz CT molecular complexity index is 1230. The molecule has 0 aliphatic rings. The molecule has 4 rings (SSSR count). The molecule has 1 heterocycles. The van der Waals surface area contributed by atoms with Crippen molar-refractivity contribution in [2.24, 2.45) is 0 Å². The molecule has 0 bridgehead atoms. The van der Waals surface area contributed by atoms with Crippen LogP contribution in [0.3, 0.4) is 0 Å². The second-order valence-electron chi connectivity index (χ2n) is 6.46. The second-order valence-corrected chi connectivity index (χ2v) is 6.46. The van der Waals surface area contributed by atoms with Gasteiger partial charge in [0.1, 0.15) is 0 Å². The van der Waals surface area contributed by atoms with E-state index in [1.165, 1.54) is 0 Å². The van der Waals surface area contributed by atoms with Gasteiger partial charge in [0.2, 0.25) is 5.95 Å². The van der Waals surface area contributed by atoms with Gasteiger partial charge in [0.05, 0.1) is 10.9 Å². The Morgan fingerprint density at radius 3 is 2.50 bits per heavy atom. The zero-order valence-corrected chi connectivity index (χ0v) is 15.2. The predicted octanol–water partition coefficient (Wildman–Crippen LogP) is 3.66. The maximum Gasteiger partial charge on any atom is 0.269 e. The molecule has 0 saturated carbocycles. The summed E-state index contributed by atoms with van der Waals surface area (Å²) in [4.78, 5) is 31.5. The van der Waals surface area contributed by atoms with Gasteiger partial charge in [0, 0.05) is 5.56 Å². The van der Waals surface area contributed by atoms with Crippen molar-refractivity contribution in [1.82, 2.24) is 15.4 Å². The van der Waals surface area contributed by atoms with Gasteiger partial charge in [0.15, 0.2) is 0 Å². The molecule has 0 spiro atoms. The minimum atomic E-state index is -0.328. The normalized spacial score (nSPS) is 10.6. The van der Waals surface area contributed by atoms with Crippen LogP contribution in [0.5, 0.6) is 0 Å². The summed E-state index contributed by atoms with van der Waals surface area (Å²) in [6.45, 7) is 2.03. The molecule has 0 atom stereocenters. The molecule has 0 unspecified atom stereocenters. The first-order valence-electron chi connectivity index (χ1n) is 8.83. The molecule has 3 aromatic carbocycles. The molecule has 0 aliphatic heterocycles. The molecule has 0 radical (unpaired) electrons. The number of nitrogens with zero attached hydrogens (tertiary/aromatic N) is 1. The standard InChI is InChI=1S/C22H18N4O2/c1-14-6-4-7-15(12-14)16-8-5-9-17(13-16)20(27)25-26-22-23-19-11-3-2-10-18(19)21(28)24-22/h2-13H,1H3,(H,25,27)(H2,23,24,26,28). The summed E-state index contributed by atoms with van der Waals surface area (Å²) in [6, 6.07) is 22.4. The highest BCUT2D eigenvalue weighted by atomic mass is 16.2. The number of hydrazine groups is 1. The monoisotopic (exact) mass is 370 g/mol. The largest absolute Gasteiger partial charge is 0.291 e. The van der Waals surface area contributed by atoms with Gasteiger partial charge in [-0.05, 0) is 42.3 Å². The fourth-order valence-corrected chi connectivity index (χ4v) is 3.00. The van der Waals surface area contributed by atoms with E-state index in [0.717, 1.165) is 16.7 Å². The van der Waals surface area contributed by atoms with E-state index in [9.17, 15) is 9.59 Å². The molecular formula is C22H18N4O2. The van der Waals surface area contributed by atoms with E-state index in [2.05, 4.69) is 26.9 Å². The van der Waals surface area contributed by atoms with Crippen molar-refractivity contribution in [3.8, 4) is 11.1 Å². The first-order valence-corrected chi connectivity index (χ1v) is 8.83. The molecular weight excluding hydrogens is 352 g/mol. The van der Waals surface area contributed by atoms with Crippen molar-refractivity contribution in [3.63, 3.8) is 0 Å². The lowest BCUT2D eigenvalue weighted by Gasteiger charge is -2.09. The highest BCUT2D eigenvalue weighted by molar-refractivity contribution is 5.96. The van der Waals surface area contributed by atoms with E-state index in [1.54, 1.807) is 30.3 Å². The number of hydrogen-bond donors (Lipinski definition) is 3. The van der Waals surface area contributed by atoms with Gasteiger partial charge in [-0.15, -0.1) is 0 Å². The maximum absolute atomic E-state index is 12.5. The summed E-state index contributed by atoms with van der Waals surface area (Å²) in [5.41, 5.74) is 9.17. The van der Waals surface area contributed by atoms with Crippen LogP contribution in [0.4, 0.5) is 5.95 Å². The first-order chi connectivity index (χ1) is 13.6. The van der Waals surface area contributed by atoms with Crippen molar-refractivity contribution in [1.29, 1.82) is 0 Å². The molecule has 138 valence electrons. The number of anilines is 1. The molecule has 0 fully saturated rings. The number of hydrogen-bond acceptors (Lipinski definition) is 4. The molecule has 1 aromatic heterocycles. The maximum atomic E-state index is 12.5. The number of rotatable bonds is 4. The summed E-state index contributed by atoms with van der Waals surface area (Å²) in [5.74, 6) is -0.155. The van der Waals surface area contributed by atoms with Crippen LogP contribution < -0.4 is 16.4 Å². The number of aromatic amines is 1. The first kappa shape index (κ1) is 17.5.